The van der Waals surface area contributed by atoms with Crippen molar-refractivity contribution in [3.8, 4) is 22.5 Å². The van der Waals surface area contributed by atoms with Gasteiger partial charge in [0.2, 0.25) is 0 Å². The predicted molar refractivity (Wildman–Crippen MR) is 139 cm³/mol. The Balaban J connectivity index is 0.00000141. The van der Waals surface area contributed by atoms with Crippen LogP contribution < -0.4 is 10.3 Å². The van der Waals surface area contributed by atoms with E-state index in [1.54, 1.807) is 0 Å². The van der Waals surface area contributed by atoms with Crippen molar-refractivity contribution in [2.24, 2.45) is 4.99 Å². The fraction of sp³-hybridized carbons (Fsp3) is 0.345. The van der Waals surface area contributed by atoms with E-state index >= 15 is 0 Å². The monoisotopic (exact) mass is 428 g/mol. The van der Waals surface area contributed by atoms with E-state index in [0.29, 0.717) is 0 Å². The van der Waals surface area contributed by atoms with Crippen molar-refractivity contribution >= 4 is 16.7 Å². The van der Waals surface area contributed by atoms with Gasteiger partial charge >= 0.3 is 0 Å². The van der Waals surface area contributed by atoms with Gasteiger partial charge < -0.3 is 9.32 Å². The van der Waals surface area contributed by atoms with Crippen LogP contribution in [0.2, 0.25) is 0 Å². The average molecular weight is 429 g/mol. The topological polar surface area (TPSA) is 28.7 Å². The summed E-state index contributed by atoms with van der Waals surface area (Å²) < 4.78 is 6.45. The normalized spacial score (nSPS) is 11.5. The van der Waals surface area contributed by atoms with Crippen LogP contribution in [-0.4, -0.2) is 19.6 Å². The Kier molecular flexibility index (Phi) is 7.74. The largest absolute Gasteiger partial charge is 0.456 e. The molecule has 4 rings (SSSR count). The molecule has 0 amide bonds. The summed E-state index contributed by atoms with van der Waals surface area (Å²) in [5.41, 5.74) is 8.27. The van der Waals surface area contributed by atoms with Gasteiger partial charge in [-0.1, -0.05) is 37.6 Å². The molecule has 2 aliphatic rings. The third kappa shape index (κ3) is 4.57. The molecular formula is C29H36N2O. The van der Waals surface area contributed by atoms with Crippen molar-refractivity contribution in [1.82, 2.24) is 0 Å². The van der Waals surface area contributed by atoms with E-state index in [9.17, 15) is 0 Å². The van der Waals surface area contributed by atoms with E-state index in [2.05, 4.69) is 99.1 Å². The number of aryl methyl sites for hydroxylation is 2. The van der Waals surface area contributed by atoms with E-state index < -0.39 is 0 Å². The molecule has 0 bridgehead atoms. The molecule has 0 radical (unpaired) electrons. The van der Waals surface area contributed by atoms with E-state index in [-0.39, 0.29) is 0 Å². The molecule has 2 aromatic carbocycles. The molecule has 32 heavy (non-hydrogen) atoms. The molecular weight excluding hydrogens is 392 g/mol. The zero-order valence-electron chi connectivity index (χ0n) is 20.6. The summed E-state index contributed by atoms with van der Waals surface area (Å²) in [4.78, 5) is 6.92. The first kappa shape index (κ1) is 23.6. The van der Waals surface area contributed by atoms with Gasteiger partial charge in [-0.2, -0.15) is 0 Å². The van der Waals surface area contributed by atoms with Crippen molar-refractivity contribution in [3.05, 3.63) is 71.1 Å². The summed E-state index contributed by atoms with van der Waals surface area (Å²) in [6.07, 6.45) is 0. The summed E-state index contributed by atoms with van der Waals surface area (Å²) >= 11 is 0. The number of fused-ring (bicyclic) bond motifs is 2. The second-order valence-corrected chi connectivity index (χ2v) is 7.80. The lowest BCUT2D eigenvalue weighted by molar-refractivity contribution is 0.618. The number of hydrogen-bond acceptors (Lipinski definition) is 3. The Labute approximate surface area is 192 Å². The van der Waals surface area contributed by atoms with Gasteiger partial charge in [-0.25, -0.2) is 0 Å². The smallest absolute Gasteiger partial charge is 0.137 e. The highest BCUT2D eigenvalue weighted by Crippen LogP contribution is 2.42. The van der Waals surface area contributed by atoms with Crippen LogP contribution >= 0.6 is 0 Å². The highest BCUT2D eigenvalue weighted by molar-refractivity contribution is 6.03. The van der Waals surface area contributed by atoms with E-state index in [0.717, 1.165) is 47.3 Å². The molecule has 168 valence electrons. The molecule has 3 heteroatoms. The Morgan fingerprint density at radius 2 is 1.53 bits per heavy atom. The predicted octanol–water partition coefficient (Wildman–Crippen LogP) is 7.61. The van der Waals surface area contributed by atoms with Crippen LogP contribution in [0.5, 0.6) is 0 Å². The Morgan fingerprint density at radius 3 is 2.19 bits per heavy atom. The lowest BCUT2D eigenvalue weighted by Gasteiger charge is -2.22. The quantitative estimate of drug-likeness (QED) is 0.306. The highest BCUT2D eigenvalue weighted by Gasteiger charge is 2.19. The minimum absolute atomic E-state index is 0.759. The first-order valence-electron chi connectivity index (χ1n) is 11.9. The fourth-order valence-electron chi connectivity index (χ4n) is 4.32. The van der Waals surface area contributed by atoms with Gasteiger partial charge in [-0.05, 0) is 70.0 Å². The molecule has 0 aromatic heterocycles. The van der Waals surface area contributed by atoms with Crippen LogP contribution in [0.4, 0.5) is 5.69 Å². The summed E-state index contributed by atoms with van der Waals surface area (Å²) in [6, 6.07) is 19.6. The van der Waals surface area contributed by atoms with Gasteiger partial charge in [-0.15, -0.1) is 0 Å². The Hall–Kier alpha value is -3.07. The lowest BCUT2D eigenvalue weighted by Crippen LogP contribution is -2.21. The maximum Gasteiger partial charge on any atom is 0.137 e. The second kappa shape index (κ2) is 10.5. The Bertz CT molecular complexity index is 1230. The molecule has 2 aromatic rings. The van der Waals surface area contributed by atoms with E-state index in [1.807, 2.05) is 13.8 Å². The molecule has 1 aliphatic heterocycles. The summed E-state index contributed by atoms with van der Waals surface area (Å²) in [5, 5.41) is 2.10. The summed E-state index contributed by atoms with van der Waals surface area (Å²) in [5.74, 6) is 0.879. The molecule has 3 nitrogen and oxygen atoms in total. The first-order chi connectivity index (χ1) is 15.5. The number of benzene rings is 3. The molecule has 0 spiro atoms. The van der Waals surface area contributed by atoms with Gasteiger partial charge in [0.25, 0.3) is 0 Å². The second-order valence-electron chi connectivity index (χ2n) is 7.80. The van der Waals surface area contributed by atoms with Gasteiger partial charge in [-0.3, -0.25) is 4.99 Å². The fourth-order valence-corrected chi connectivity index (χ4v) is 4.32. The van der Waals surface area contributed by atoms with Crippen LogP contribution in [0.15, 0.2) is 64.0 Å². The van der Waals surface area contributed by atoms with Gasteiger partial charge in [0.15, 0.2) is 0 Å². The third-order valence-electron chi connectivity index (χ3n) is 5.81. The number of rotatable bonds is 5. The SMILES string of the molecule is CC.CCN=c1ccc2c(-c3ccc(C)cc3C)c3ccc(N(CC)CC)cc3oc-2c1. The minimum atomic E-state index is 0.759. The third-order valence-corrected chi connectivity index (χ3v) is 5.81. The molecule has 0 unspecified atom stereocenters. The maximum absolute atomic E-state index is 6.45. The minimum Gasteiger partial charge on any atom is -0.456 e. The van der Waals surface area contributed by atoms with Gasteiger partial charge in [0.1, 0.15) is 11.3 Å². The summed E-state index contributed by atoms with van der Waals surface area (Å²) in [6.45, 7) is 17.5. The molecule has 1 heterocycles. The van der Waals surface area contributed by atoms with Crippen molar-refractivity contribution in [2.75, 3.05) is 24.5 Å². The standard InChI is InChI=1S/C27H30N2O.C2H6/c1-6-28-20-10-13-23-25(16-20)30-26-17-21(29(7-2)8-3)11-14-24(26)27(23)22-12-9-18(4)15-19(22)5;1-2/h9-17H,6-8H2,1-5H3;1-2H3. The zero-order valence-corrected chi connectivity index (χ0v) is 20.6. The van der Waals surface area contributed by atoms with Crippen LogP contribution in [-0.2, 0) is 0 Å². The number of hydrogen-bond donors (Lipinski definition) is 0. The van der Waals surface area contributed by atoms with Gasteiger partial charge in [0.05, 0.1) is 5.36 Å². The van der Waals surface area contributed by atoms with Crippen LogP contribution in [0.3, 0.4) is 0 Å². The van der Waals surface area contributed by atoms with Crippen molar-refractivity contribution in [1.29, 1.82) is 0 Å². The van der Waals surface area contributed by atoms with Gasteiger partial charge in [0, 0.05) is 54.0 Å². The van der Waals surface area contributed by atoms with Crippen molar-refractivity contribution < 1.29 is 4.42 Å². The van der Waals surface area contributed by atoms with E-state index in [1.165, 1.54) is 27.9 Å². The Morgan fingerprint density at radius 1 is 0.812 bits per heavy atom. The number of anilines is 1. The lowest BCUT2D eigenvalue weighted by atomic mass is 9.90. The molecule has 0 N–H and O–H groups in total. The average Bonchev–Trinajstić information content (AvgIpc) is 2.80. The van der Waals surface area contributed by atoms with Crippen molar-refractivity contribution in [3.63, 3.8) is 0 Å². The number of nitrogens with zero attached hydrogens (tertiary/aromatic N) is 2. The zero-order chi connectivity index (χ0) is 23.3. The summed E-state index contributed by atoms with van der Waals surface area (Å²) in [7, 11) is 0. The highest BCUT2D eigenvalue weighted by atomic mass is 16.3. The molecule has 0 fully saturated rings. The molecule has 0 saturated carbocycles. The van der Waals surface area contributed by atoms with Crippen molar-refractivity contribution in [2.45, 2.75) is 48.5 Å². The van der Waals surface area contributed by atoms with E-state index in [4.69, 9.17) is 4.42 Å². The first-order valence-corrected chi connectivity index (χ1v) is 11.9. The van der Waals surface area contributed by atoms with Crippen LogP contribution in [0.25, 0.3) is 33.4 Å². The van der Waals surface area contributed by atoms with Crippen LogP contribution in [0, 0.1) is 13.8 Å². The van der Waals surface area contributed by atoms with Crippen LogP contribution in [0.1, 0.15) is 45.7 Å². The molecule has 0 saturated heterocycles. The maximum atomic E-state index is 6.45. The molecule has 0 atom stereocenters. The molecule has 1 aliphatic carbocycles.